The van der Waals surface area contributed by atoms with E-state index in [-0.39, 0.29) is 11.3 Å². The average molecular weight is 378 g/mol. The van der Waals surface area contributed by atoms with Crippen LogP contribution >= 0.6 is 0 Å². The van der Waals surface area contributed by atoms with E-state index in [1.54, 1.807) is 29.2 Å². The number of likely N-dealkylation sites (N-methyl/N-ethyl adjacent to an activating group) is 1. The van der Waals surface area contributed by atoms with Gasteiger partial charge in [-0.25, -0.2) is 0 Å². The van der Waals surface area contributed by atoms with Crippen molar-refractivity contribution in [3.63, 3.8) is 0 Å². The first-order valence-electron chi connectivity index (χ1n) is 9.51. The largest absolute Gasteiger partial charge is 0.507 e. The molecular formula is C23H26N2O3. The quantitative estimate of drug-likeness (QED) is 0.476. The number of amides is 1. The zero-order chi connectivity index (χ0) is 20.3. The van der Waals surface area contributed by atoms with Crippen LogP contribution in [-0.4, -0.2) is 53.8 Å². The molecule has 28 heavy (non-hydrogen) atoms. The number of hydrogen-bond acceptors (Lipinski definition) is 4. The summed E-state index contributed by atoms with van der Waals surface area (Å²) in [6.07, 6.45) is 0.908. The number of carbonyl (C=O) groups is 2. The fraction of sp³-hybridized carbons (Fsp3) is 0.304. The van der Waals surface area contributed by atoms with Gasteiger partial charge in [-0.15, -0.1) is 0 Å². The van der Waals surface area contributed by atoms with E-state index in [4.69, 9.17) is 0 Å². The van der Waals surface area contributed by atoms with Crippen LogP contribution < -0.4 is 0 Å². The normalized spacial score (nSPS) is 18.9. The van der Waals surface area contributed by atoms with Crippen LogP contribution in [-0.2, 0) is 16.0 Å². The summed E-state index contributed by atoms with van der Waals surface area (Å²) in [7, 11) is 3.84. The second-order valence-corrected chi connectivity index (χ2v) is 7.26. The molecule has 1 aliphatic rings. The number of rotatable bonds is 6. The van der Waals surface area contributed by atoms with Crippen LogP contribution in [0.25, 0.3) is 5.76 Å². The van der Waals surface area contributed by atoms with Gasteiger partial charge in [0.2, 0.25) is 0 Å². The topological polar surface area (TPSA) is 60.9 Å². The summed E-state index contributed by atoms with van der Waals surface area (Å²) >= 11 is 0. The van der Waals surface area contributed by atoms with E-state index >= 15 is 0 Å². The number of aliphatic hydroxyl groups is 1. The van der Waals surface area contributed by atoms with Gasteiger partial charge in [-0.2, -0.15) is 0 Å². The molecular weight excluding hydrogens is 352 g/mol. The van der Waals surface area contributed by atoms with E-state index in [0.29, 0.717) is 18.7 Å². The second kappa shape index (κ2) is 8.40. The molecule has 5 heteroatoms. The van der Waals surface area contributed by atoms with Crippen molar-refractivity contribution in [3.8, 4) is 0 Å². The molecule has 0 saturated carbocycles. The SMILES string of the molecule is CCc1ccc(C2/C(=C(/O)c3ccccc3)C(=O)C(=O)N2CCN(C)C)cc1. The Hall–Kier alpha value is -2.92. The second-order valence-electron chi connectivity index (χ2n) is 7.26. The Morgan fingerprint density at radius 3 is 2.25 bits per heavy atom. The molecule has 0 aromatic heterocycles. The number of aryl methyl sites for hydroxylation is 1. The number of likely N-dealkylation sites (tertiary alicyclic amines) is 1. The molecule has 0 aliphatic carbocycles. The lowest BCUT2D eigenvalue weighted by Crippen LogP contribution is -2.35. The van der Waals surface area contributed by atoms with E-state index in [1.165, 1.54) is 5.56 Å². The maximum atomic E-state index is 12.9. The van der Waals surface area contributed by atoms with Crippen LogP contribution in [0.15, 0.2) is 60.2 Å². The van der Waals surface area contributed by atoms with Crippen LogP contribution in [0, 0.1) is 0 Å². The molecule has 1 atom stereocenters. The fourth-order valence-corrected chi connectivity index (χ4v) is 3.45. The fourth-order valence-electron chi connectivity index (χ4n) is 3.45. The Morgan fingerprint density at radius 1 is 1.04 bits per heavy atom. The minimum absolute atomic E-state index is 0.129. The molecule has 1 saturated heterocycles. The molecule has 1 unspecified atom stereocenters. The minimum atomic E-state index is -0.635. The number of hydrogen-bond donors (Lipinski definition) is 1. The number of ketones is 1. The third-order valence-corrected chi connectivity index (χ3v) is 5.08. The van der Waals surface area contributed by atoms with Gasteiger partial charge in [0, 0.05) is 18.7 Å². The van der Waals surface area contributed by atoms with Crippen molar-refractivity contribution in [1.82, 2.24) is 9.80 Å². The summed E-state index contributed by atoms with van der Waals surface area (Å²) in [5.74, 6) is -1.33. The molecule has 1 fully saturated rings. The number of nitrogens with zero attached hydrogens (tertiary/aromatic N) is 2. The third-order valence-electron chi connectivity index (χ3n) is 5.08. The first kappa shape index (κ1) is 19.8. The van der Waals surface area contributed by atoms with Gasteiger partial charge in [0.1, 0.15) is 5.76 Å². The maximum absolute atomic E-state index is 12.9. The molecule has 3 rings (SSSR count). The van der Waals surface area contributed by atoms with E-state index < -0.39 is 17.7 Å². The molecule has 1 amide bonds. The van der Waals surface area contributed by atoms with Gasteiger partial charge in [0.05, 0.1) is 11.6 Å². The lowest BCUT2D eigenvalue weighted by atomic mass is 9.94. The van der Waals surface area contributed by atoms with E-state index in [1.807, 2.05) is 49.3 Å². The predicted molar refractivity (Wildman–Crippen MR) is 110 cm³/mol. The summed E-state index contributed by atoms with van der Waals surface area (Å²) in [5, 5.41) is 10.9. The molecule has 2 aromatic carbocycles. The molecule has 1 aliphatic heterocycles. The highest BCUT2D eigenvalue weighted by Gasteiger charge is 2.45. The molecule has 0 radical (unpaired) electrons. The summed E-state index contributed by atoms with van der Waals surface area (Å²) in [6, 6.07) is 16.2. The number of Topliss-reactive ketones (excluding diaryl/α,β-unsaturated/α-hetero) is 1. The van der Waals surface area contributed by atoms with Gasteiger partial charge in [-0.1, -0.05) is 61.5 Å². The van der Waals surface area contributed by atoms with Crippen LogP contribution in [0.3, 0.4) is 0 Å². The highest BCUT2D eigenvalue weighted by molar-refractivity contribution is 6.46. The van der Waals surface area contributed by atoms with Crippen LogP contribution in [0.2, 0.25) is 0 Å². The molecule has 146 valence electrons. The lowest BCUT2D eigenvalue weighted by molar-refractivity contribution is -0.140. The zero-order valence-electron chi connectivity index (χ0n) is 16.6. The molecule has 1 N–H and O–H groups in total. The molecule has 5 nitrogen and oxygen atoms in total. The predicted octanol–water partition coefficient (Wildman–Crippen LogP) is 3.23. The average Bonchev–Trinajstić information content (AvgIpc) is 2.97. The van der Waals surface area contributed by atoms with Crippen molar-refractivity contribution in [1.29, 1.82) is 0 Å². The minimum Gasteiger partial charge on any atom is -0.507 e. The summed E-state index contributed by atoms with van der Waals surface area (Å²) in [4.78, 5) is 29.2. The van der Waals surface area contributed by atoms with E-state index in [2.05, 4.69) is 6.92 Å². The Bertz CT molecular complexity index is 886. The van der Waals surface area contributed by atoms with Crippen LogP contribution in [0.5, 0.6) is 0 Å². The van der Waals surface area contributed by atoms with Crippen molar-refractivity contribution in [2.24, 2.45) is 0 Å². The maximum Gasteiger partial charge on any atom is 0.295 e. The van der Waals surface area contributed by atoms with Crippen LogP contribution in [0.4, 0.5) is 0 Å². The van der Waals surface area contributed by atoms with Crippen LogP contribution in [0.1, 0.15) is 29.7 Å². The Balaban J connectivity index is 2.12. The Kier molecular flexibility index (Phi) is 5.95. The lowest BCUT2D eigenvalue weighted by Gasteiger charge is -2.26. The van der Waals surface area contributed by atoms with Gasteiger partial charge in [0.15, 0.2) is 0 Å². The molecule has 0 bridgehead atoms. The summed E-state index contributed by atoms with van der Waals surface area (Å²) in [6.45, 7) is 3.11. The molecule has 1 heterocycles. The third kappa shape index (κ3) is 3.85. The van der Waals surface area contributed by atoms with E-state index in [0.717, 1.165) is 12.0 Å². The Labute approximate surface area is 165 Å². The van der Waals surface area contributed by atoms with Gasteiger partial charge in [-0.05, 0) is 31.6 Å². The van der Waals surface area contributed by atoms with Gasteiger partial charge >= 0.3 is 0 Å². The van der Waals surface area contributed by atoms with Crippen molar-refractivity contribution < 1.29 is 14.7 Å². The monoisotopic (exact) mass is 378 g/mol. The van der Waals surface area contributed by atoms with E-state index in [9.17, 15) is 14.7 Å². The standard InChI is InChI=1S/C23H26N2O3/c1-4-16-10-12-17(13-11-16)20-19(21(26)18-8-6-5-7-9-18)22(27)23(28)25(20)15-14-24(2)3/h5-13,20,26H,4,14-15H2,1-3H3/b21-19-. The van der Waals surface area contributed by atoms with Gasteiger partial charge in [-0.3, -0.25) is 9.59 Å². The van der Waals surface area contributed by atoms with Crippen molar-refractivity contribution >= 4 is 17.4 Å². The molecule has 2 aromatic rings. The summed E-state index contributed by atoms with van der Waals surface area (Å²) in [5.41, 5.74) is 2.69. The Morgan fingerprint density at radius 2 is 1.68 bits per heavy atom. The van der Waals surface area contributed by atoms with Gasteiger partial charge < -0.3 is 14.9 Å². The summed E-state index contributed by atoms with van der Waals surface area (Å²) < 4.78 is 0. The zero-order valence-corrected chi connectivity index (χ0v) is 16.6. The van der Waals surface area contributed by atoms with Gasteiger partial charge in [0.25, 0.3) is 11.7 Å². The number of aliphatic hydroxyl groups excluding tert-OH is 1. The number of carbonyl (C=O) groups excluding carboxylic acids is 2. The number of benzene rings is 2. The van der Waals surface area contributed by atoms with Crippen molar-refractivity contribution in [2.45, 2.75) is 19.4 Å². The first-order chi connectivity index (χ1) is 13.4. The smallest absolute Gasteiger partial charge is 0.295 e. The van der Waals surface area contributed by atoms with Crippen molar-refractivity contribution in [3.05, 3.63) is 76.9 Å². The highest BCUT2D eigenvalue weighted by atomic mass is 16.3. The molecule has 0 spiro atoms. The first-order valence-corrected chi connectivity index (χ1v) is 9.51. The van der Waals surface area contributed by atoms with Crippen molar-refractivity contribution in [2.75, 3.05) is 27.2 Å². The highest BCUT2D eigenvalue weighted by Crippen LogP contribution is 2.39.